The number of benzene rings is 2. The number of rotatable bonds is 5. The van der Waals surface area contributed by atoms with E-state index in [1.807, 2.05) is 0 Å². The molecule has 0 aliphatic carbocycles. The Morgan fingerprint density at radius 2 is 1.93 bits per heavy atom. The molecule has 3 rings (SSSR count). The lowest BCUT2D eigenvalue weighted by Crippen LogP contribution is -2.14. The average Bonchev–Trinajstić information content (AvgIpc) is 3.13. The molecule has 3 aromatic rings. The first-order chi connectivity index (χ1) is 12.8. The SMILES string of the molecule is N#Cc1cc(C(=O)O)ccc1NS(=O)(=O)c1csc(-c2ccc(F)cc2)n1. The van der Waals surface area contributed by atoms with E-state index in [-0.39, 0.29) is 21.8 Å². The third-order valence-electron chi connectivity index (χ3n) is 3.48. The first-order valence-corrected chi connectivity index (χ1v) is 9.68. The molecular weight excluding hydrogens is 393 g/mol. The van der Waals surface area contributed by atoms with Gasteiger partial charge in [0, 0.05) is 10.9 Å². The van der Waals surface area contributed by atoms with E-state index in [2.05, 4.69) is 9.71 Å². The van der Waals surface area contributed by atoms with Gasteiger partial charge in [0.25, 0.3) is 10.0 Å². The van der Waals surface area contributed by atoms with Crippen molar-refractivity contribution in [2.24, 2.45) is 0 Å². The van der Waals surface area contributed by atoms with Crippen molar-refractivity contribution in [3.8, 4) is 16.6 Å². The monoisotopic (exact) mass is 403 g/mol. The number of hydrogen-bond acceptors (Lipinski definition) is 6. The zero-order chi connectivity index (χ0) is 19.6. The van der Waals surface area contributed by atoms with E-state index in [4.69, 9.17) is 10.4 Å². The van der Waals surface area contributed by atoms with E-state index >= 15 is 0 Å². The van der Waals surface area contributed by atoms with Gasteiger partial charge >= 0.3 is 5.97 Å². The first-order valence-electron chi connectivity index (χ1n) is 7.32. The van der Waals surface area contributed by atoms with Crippen molar-refractivity contribution in [2.75, 3.05) is 4.72 Å². The van der Waals surface area contributed by atoms with Crippen LogP contribution in [0.3, 0.4) is 0 Å². The molecule has 0 saturated carbocycles. The molecule has 2 N–H and O–H groups in total. The lowest BCUT2D eigenvalue weighted by molar-refractivity contribution is 0.0697. The standard InChI is InChI=1S/C17H10FN3O4S2/c18-13-4-1-10(2-5-13)16-20-15(9-26-16)27(24,25)21-14-6-3-11(17(22)23)7-12(14)8-19/h1-7,9,21H,(H,22,23). The number of nitrogens with one attached hydrogen (secondary N) is 1. The van der Waals surface area contributed by atoms with Crippen LogP contribution in [-0.4, -0.2) is 24.5 Å². The summed E-state index contributed by atoms with van der Waals surface area (Å²) < 4.78 is 40.3. The number of sulfonamides is 1. The fourth-order valence-corrected chi connectivity index (χ4v) is 4.34. The van der Waals surface area contributed by atoms with Crippen LogP contribution in [0.15, 0.2) is 52.9 Å². The Balaban J connectivity index is 1.91. The summed E-state index contributed by atoms with van der Waals surface area (Å²) in [6.45, 7) is 0. The van der Waals surface area contributed by atoms with Crippen molar-refractivity contribution < 1.29 is 22.7 Å². The average molecular weight is 403 g/mol. The fraction of sp³-hybridized carbons (Fsp3) is 0. The summed E-state index contributed by atoms with van der Waals surface area (Å²) in [6, 6.07) is 10.7. The molecule has 0 saturated heterocycles. The van der Waals surface area contributed by atoms with Crippen LogP contribution in [0.1, 0.15) is 15.9 Å². The Morgan fingerprint density at radius 3 is 2.56 bits per heavy atom. The third kappa shape index (κ3) is 3.94. The van der Waals surface area contributed by atoms with Gasteiger partial charge in [-0.1, -0.05) is 0 Å². The number of aromatic nitrogens is 1. The number of carbonyl (C=O) groups is 1. The predicted molar refractivity (Wildman–Crippen MR) is 96.4 cm³/mol. The molecule has 0 amide bonds. The molecule has 27 heavy (non-hydrogen) atoms. The van der Waals surface area contributed by atoms with Gasteiger partial charge in [0.2, 0.25) is 0 Å². The lowest BCUT2D eigenvalue weighted by Gasteiger charge is -2.08. The second kappa shape index (κ2) is 7.14. The summed E-state index contributed by atoms with van der Waals surface area (Å²) in [6.07, 6.45) is 0. The van der Waals surface area contributed by atoms with Crippen LogP contribution < -0.4 is 4.72 Å². The molecule has 0 fully saturated rings. The topological polar surface area (TPSA) is 120 Å². The summed E-state index contributed by atoms with van der Waals surface area (Å²) in [5.41, 5.74) is 0.236. The van der Waals surface area contributed by atoms with Gasteiger partial charge in [-0.2, -0.15) is 13.7 Å². The molecule has 10 heteroatoms. The van der Waals surface area contributed by atoms with Crippen molar-refractivity contribution in [1.29, 1.82) is 5.26 Å². The van der Waals surface area contributed by atoms with Crippen LogP contribution in [0.5, 0.6) is 0 Å². The molecule has 7 nitrogen and oxygen atoms in total. The van der Waals surface area contributed by atoms with Crippen LogP contribution in [0.4, 0.5) is 10.1 Å². The summed E-state index contributed by atoms with van der Waals surface area (Å²) in [7, 11) is -4.10. The van der Waals surface area contributed by atoms with Crippen LogP contribution in [-0.2, 0) is 10.0 Å². The van der Waals surface area contributed by atoms with Gasteiger partial charge in [-0.05, 0) is 42.5 Å². The number of carboxylic acids is 1. The highest BCUT2D eigenvalue weighted by molar-refractivity contribution is 7.92. The Morgan fingerprint density at radius 1 is 1.22 bits per heavy atom. The van der Waals surface area contributed by atoms with Crippen molar-refractivity contribution in [3.63, 3.8) is 0 Å². The van der Waals surface area contributed by atoms with E-state index < -0.39 is 21.8 Å². The smallest absolute Gasteiger partial charge is 0.335 e. The molecule has 2 aromatic carbocycles. The van der Waals surface area contributed by atoms with Crippen LogP contribution >= 0.6 is 11.3 Å². The molecule has 1 aromatic heterocycles. The maximum Gasteiger partial charge on any atom is 0.335 e. The lowest BCUT2D eigenvalue weighted by atomic mass is 10.1. The van der Waals surface area contributed by atoms with Gasteiger partial charge in [0.05, 0.1) is 16.8 Å². The Labute approximate surface area is 157 Å². The number of nitrogens with zero attached hydrogens (tertiary/aromatic N) is 2. The van der Waals surface area contributed by atoms with E-state index in [1.165, 1.54) is 41.8 Å². The van der Waals surface area contributed by atoms with E-state index in [0.29, 0.717) is 10.6 Å². The Kier molecular flexibility index (Phi) is 4.89. The minimum absolute atomic E-state index is 0.0566. The molecule has 0 atom stereocenters. The number of anilines is 1. The van der Waals surface area contributed by atoms with Crippen molar-refractivity contribution in [1.82, 2.24) is 4.98 Å². The highest BCUT2D eigenvalue weighted by Gasteiger charge is 2.21. The summed E-state index contributed by atoms with van der Waals surface area (Å²) >= 11 is 1.07. The predicted octanol–water partition coefficient (Wildman–Crippen LogP) is 3.32. The molecular formula is C17H10FN3O4S2. The number of hydrogen-bond donors (Lipinski definition) is 2. The largest absolute Gasteiger partial charge is 0.478 e. The molecule has 1 heterocycles. The molecule has 0 radical (unpaired) electrons. The zero-order valence-electron chi connectivity index (χ0n) is 13.4. The highest BCUT2D eigenvalue weighted by Crippen LogP contribution is 2.27. The molecule has 0 bridgehead atoms. The molecule has 0 aliphatic heterocycles. The minimum atomic E-state index is -4.10. The van der Waals surface area contributed by atoms with E-state index in [9.17, 15) is 17.6 Å². The van der Waals surface area contributed by atoms with Gasteiger partial charge < -0.3 is 5.11 Å². The normalized spacial score (nSPS) is 11.0. The second-order valence-electron chi connectivity index (χ2n) is 5.28. The van der Waals surface area contributed by atoms with Crippen LogP contribution in [0.25, 0.3) is 10.6 Å². The molecule has 136 valence electrons. The summed E-state index contributed by atoms with van der Waals surface area (Å²) in [5, 5.41) is 19.5. The fourth-order valence-electron chi connectivity index (χ4n) is 2.16. The van der Waals surface area contributed by atoms with Crippen molar-refractivity contribution in [3.05, 3.63) is 64.8 Å². The van der Waals surface area contributed by atoms with Crippen LogP contribution in [0.2, 0.25) is 0 Å². The first kappa shape index (κ1) is 18.5. The van der Waals surface area contributed by atoms with Gasteiger partial charge in [-0.3, -0.25) is 4.72 Å². The van der Waals surface area contributed by atoms with Gasteiger partial charge in [0.1, 0.15) is 16.9 Å². The summed E-state index contributed by atoms with van der Waals surface area (Å²) in [4.78, 5) is 15.0. The Bertz CT molecular complexity index is 1170. The van der Waals surface area contributed by atoms with Gasteiger partial charge in [-0.15, -0.1) is 11.3 Å². The minimum Gasteiger partial charge on any atom is -0.478 e. The highest BCUT2D eigenvalue weighted by atomic mass is 32.2. The maximum atomic E-state index is 13.0. The molecule has 0 spiro atoms. The third-order valence-corrected chi connectivity index (χ3v) is 5.77. The van der Waals surface area contributed by atoms with Gasteiger partial charge in [0.15, 0.2) is 5.03 Å². The molecule has 0 unspecified atom stereocenters. The molecule has 0 aliphatic rings. The summed E-state index contributed by atoms with van der Waals surface area (Å²) in [5.74, 6) is -1.65. The number of aromatic carboxylic acids is 1. The second-order valence-corrected chi connectivity index (χ2v) is 7.77. The number of carboxylic acid groups (broad SMARTS) is 1. The van der Waals surface area contributed by atoms with Crippen LogP contribution in [0, 0.1) is 17.1 Å². The van der Waals surface area contributed by atoms with Gasteiger partial charge in [-0.25, -0.2) is 14.2 Å². The van der Waals surface area contributed by atoms with E-state index in [0.717, 1.165) is 17.4 Å². The van der Waals surface area contributed by atoms with E-state index in [1.54, 1.807) is 6.07 Å². The van der Waals surface area contributed by atoms with Crippen molar-refractivity contribution >= 4 is 33.0 Å². The zero-order valence-corrected chi connectivity index (χ0v) is 15.0. The van der Waals surface area contributed by atoms with Crippen molar-refractivity contribution in [2.45, 2.75) is 5.03 Å². The number of nitriles is 1. The number of halogens is 1. The quantitative estimate of drug-likeness (QED) is 0.674. The number of thiazole rings is 1. The maximum absolute atomic E-state index is 13.0. The Hall–Kier alpha value is -3.29.